The first-order valence-corrected chi connectivity index (χ1v) is 11.9. The Balaban J connectivity index is 2.09. The molecular weight excluding hydrogens is 468 g/mol. The lowest BCUT2D eigenvalue weighted by molar-refractivity contribution is -0.118. The number of carbonyl (C=O) groups excluding carboxylic acids is 1. The van der Waals surface area contributed by atoms with Crippen LogP contribution in [0.1, 0.15) is 12.6 Å². The summed E-state index contributed by atoms with van der Waals surface area (Å²) in [6, 6.07) is 6.46. The van der Waals surface area contributed by atoms with Crippen LogP contribution in [0.2, 0.25) is 5.15 Å². The van der Waals surface area contributed by atoms with Gasteiger partial charge in [0, 0.05) is 38.2 Å². The molecule has 2 aromatic heterocycles. The number of anilines is 1. The molecule has 0 unspecified atom stereocenters. The molecule has 33 heavy (non-hydrogen) atoms. The first kappa shape index (κ1) is 24.5. The number of aromatic nitrogens is 3. The molecule has 3 N–H and O–H groups in total. The Morgan fingerprint density at radius 2 is 2.06 bits per heavy atom. The van der Waals surface area contributed by atoms with Gasteiger partial charge in [-0.25, -0.2) is 22.6 Å². The highest BCUT2D eigenvalue weighted by molar-refractivity contribution is 7.89. The third-order valence-corrected chi connectivity index (χ3v) is 6.32. The highest BCUT2D eigenvalue weighted by atomic mass is 35.5. The highest BCUT2D eigenvalue weighted by Crippen LogP contribution is 2.33. The maximum atomic E-state index is 12.8. The van der Waals surface area contributed by atoms with E-state index in [-0.39, 0.29) is 28.3 Å². The number of methoxy groups -OCH3 is 1. The van der Waals surface area contributed by atoms with Gasteiger partial charge in [0.25, 0.3) is 0 Å². The zero-order valence-corrected chi connectivity index (χ0v) is 20.0. The predicted octanol–water partition coefficient (Wildman–Crippen LogP) is 2.38. The van der Waals surface area contributed by atoms with Crippen LogP contribution in [0.25, 0.3) is 16.9 Å². The molecule has 0 fully saturated rings. The lowest BCUT2D eigenvalue weighted by Crippen LogP contribution is -2.26. The normalized spacial score (nSPS) is 11.4. The summed E-state index contributed by atoms with van der Waals surface area (Å²) in [5, 5.41) is 10.5. The van der Waals surface area contributed by atoms with Crippen LogP contribution in [0.3, 0.4) is 0 Å². The van der Waals surface area contributed by atoms with Crippen LogP contribution in [0.5, 0.6) is 5.75 Å². The minimum absolute atomic E-state index is 0.0191. The fourth-order valence-corrected chi connectivity index (χ4v) is 4.65. The summed E-state index contributed by atoms with van der Waals surface area (Å²) in [7, 11) is -2.45. The van der Waals surface area contributed by atoms with Crippen molar-refractivity contribution < 1.29 is 17.9 Å². The van der Waals surface area contributed by atoms with Gasteiger partial charge in [-0.2, -0.15) is 5.10 Å². The van der Waals surface area contributed by atoms with Crippen molar-refractivity contribution in [1.82, 2.24) is 24.6 Å². The van der Waals surface area contributed by atoms with Crippen LogP contribution >= 0.6 is 11.6 Å². The molecule has 1 amide bonds. The van der Waals surface area contributed by atoms with E-state index < -0.39 is 10.0 Å². The molecule has 3 rings (SSSR count). The van der Waals surface area contributed by atoms with E-state index in [1.165, 1.54) is 26.2 Å². The smallest absolute Gasteiger partial charge is 0.244 e. The Hall–Kier alpha value is -3.15. The molecule has 2 heterocycles. The van der Waals surface area contributed by atoms with Crippen molar-refractivity contribution in [1.29, 1.82) is 0 Å². The van der Waals surface area contributed by atoms with E-state index in [1.54, 1.807) is 29.6 Å². The standard InChI is InChI=1S/C21H25ClN6O4S/c1-5-8-25-33(30,31)18-11-15(6-7-17(18)32-4)20-13(2)26-21-16(12-19(22)27-28(20)21)24-10-9-23-14(3)29/h5-7,11-12,24-25H,1,8-10H2,2-4H3,(H,23,29). The number of amides is 1. The van der Waals surface area contributed by atoms with Crippen molar-refractivity contribution in [2.45, 2.75) is 18.7 Å². The van der Waals surface area contributed by atoms with Crippen molar-refractivity contribution in [2.75, 3.05) is 32.1 Å². The topological polar surface area (TPSA) is 127 Å². The molecule has 0 saturated heterocycles. The van der Waals surface area contributed by atoms with Gasteiger partial charge in [-0.05, 0) is 25.1 Å². The monoisotopic (exact) mass is 492 g/mol. The number of nitrogens with zero attached hydrogens (tertiary/aromatic N) is 3. The molecule has 0 spiro atoms. The van der Waals surface area contributed by atoms with Crippen molar-refractivity contribution in [3.8, 4) is 17.0 Å². The van der Waals surface area contributed by atoms with E-state index in [0.717, 1.165) is 0 Å². The Morgan fingerprint density at radius 1 is 1.30 bits per heavy atom. The second kappa shape index (κ2) is 10.2. The number of nitrogens with one attached hydrogen (secondary N) is 3. The maximum absolute atomic E-state index is 12.8. The number of carbonyl (C=O) groups is 1. The number of hydrogen-bond acceptors (Lipinski definition) is 7. The molecule has 0 aliphatic heterocycles. The fraction of sp³-hybridized carbons (Fsp3) is 0.286. The van der Waals surface area contributed by atoms with E-state index in [0.29, 0.717) is 41.4 Å². The van der Waals surface area contributed by atoms with E-state index in [4.69, 9.17) is 16.3 Å². The van der Waals surface area contributed by atoms with Gasteiger partial charge in [0.05, 0.1) is 24.2 Å². The molecule has 1 aromatic carbocycles. The van der Waals surface area contributed by atoms with Crippen LogP contribution in [-0.4, -0.2) is 55.7 Å². The van der Waals surface area contributed by atoms with Crippen LogP contribution in [0.15, 0.2) is 41.8 Å². The van der Waals surface area contributed by atoms with Crippen LogP contribution in [0.4, 0.5) is 5.69 Å². The second-order valence-electron chi connectivity index (χ2n) is 7.08. The molecule has 0 atom stereocenters. The minimum Gasteiger partial charge on any atom is -0.495 e. The highest BCUT2D eigenvalue weighted by Gasteiger charge is 2.22. The number of rotatable bonds is 10. The van der Waals surface area contributed by atoms with Gasteiger partial charge in [-0.3, -0.25) is 4.79 Å². The van der Waals surface area contributed by atoms with Gasteiger partial charge in [0.2, 0.25) is 15.9 Å². The lowest BCUT2D eigenvalue weighted by atomic mass is 10.1. The molecule has 3 aromatic rings. The summed E-state index contributed by atoms with van der Waals surface area (Å²) in [4.78, 5) is 15.7. The molecular formula is C21H25ClN6O4S. The maximum Gasteiger partial charge on any atom is 0.244 e. The third-order valence-electron chi connectivity index (χ3n) is 4.69. The second-order valence-corrected chi connectivity index (χ2v) is 9.20. The molecule has 176 valence electrons. The average molecular weight is 493 g/mol. The number of sulfonamides is 1. The first-order valence-electron chi connectivity index (χ1n) is 10.0. The molecule has 12 heteroatoms. The Labute approximate surface area is 197 Å². The Kier molecular flexibility index (Phi) is 7.57. The summed E-state index contributed by atoms with van der Waals surface area (Å²) < 4.78 is 34.9. The van der Waals surface area contributed by atoms with Crippen molar-refractivity contribution in [2.24, 2.45) is 0 Å². The summed E-state index contributed by atoms with van der Waals surface area (Å²) >= 11 is 6.26. The zero-order valence-electron chi connectivity index (χ0n) is 18.5. The Bertz CT molecular complexity index is 1310. The van der Waals surface area contributed by atoms with Gasteiger partial charge in [0.15, 0.2) is 10.8 Å². The summed E-state index contributed by atoms with van der Waals surface area (Å²) in [5.74, 6) is 0.0783. The van der Waals surface area contributed by atoms with E-state index >= 15 is 0 Å². The Morgan fingerprint density at radius 3 is 2.73 bits per heavy atom. The number of benzene rings is 1. The number of hydrogen-bond donors (Lipinski definition) is 3. The van der Waals surface area contributed by atoms with Crippen LogP contribution < -0.4 is 20.1 Å². The number of imidazole rings is 1. The van der Waals surface area contributed by atoms with E-state index in [2.05, 4.69) is 32.0 Å². The fourth-order valence-electron chi connectivity index (χ4n) is 3.28. The number of aryl methyl sites for hydroxylation is 1. The predicted molar refractivity (Wildman–Crippen MR) is 127 cm³/mol. The quantitative estimate of drug-likeness (QED) is 0.293. The summed E-state index contributed by atoms with van der Waals surface area (Å²) in [5.41, 5.74) is 2.92. The third kappa shape index (κ3) is 5.44. The van der Waals surface area contributed by atoms with Crippen LogP contribution in [-0.2, 0) is 14.8 Å². The van der Waals surface area contributed by atoms with Gasteiger partial charge in [0.1, 0.15) is 10.6 Å². The van der Waals surface area contributed by atoms with Crippen molar-refractivity contribution in [3.63, 3.8) is 0 Å². The molecule has 0 bridgehead atoms. The average Bonchev–Trinajstić information content (AvgIpc) is 3.10. The molecule has 0 aliphatic carbocycles. The minimum atomic E-state index is -3.85. The van der Waals surface area contributed by atoms with Crippen LogP contribution in [0, 0.1) is 6.92 Å². The zero-order chi connectivity index (χ0) is 24.2. The largest absolute Gasteiger partial charge is 0.495 e. The first-order chi connectivity index (χ1) is 15.7. The lowest BCUT2D eigenvalue weighted by Gasteiger charge is -2.13. The summed E-state index contributed by atoms with van der Waals surface area (Å²) in [6.45, 7) is 7.74. The molecule has 0 saturated carbocycles. The summed E-state index contributed by atoms with van der Waals surface area (Å²) in [6.07, 6.45) is 1.45. The number of halogens is 1. The van der Waals surface area contributed by atoms with Gasteiger partial charge in [-0.15, -0.1) is 6.58 Å². The van der Waals surface area contributed by atoms with Gasteiger partial charge in [-0.1, -0.05) is 17.7 Å². The van der Waals surface area contributed by atoms with Crippen molar-refractivity contribution in [3.05, 3.63) is 47.8 Å². The van der Waals surface area contributed by atoms with E-state index in [9.17, 15) is 13.2 Å². The molecule has 0 aliphatic rings. The van der Waals surface area contributed by atoms with Gasteiger partial charge < -0.3 is 15.4 Å². The number of fused-ring (bicyclic) bond motifs is 1. The molecule has 0 radical (unpaired) electrons. The molecule has 10 nitrogen and oxygen atoms in total. The van der Waals surface area contributed by atoms with Crippen molar-refractivity contribution >= 4 is 38.9 Å². The number of ether oxygens (including phenoxy) is 1. The van der Waals surface area contributed by atoms with E-state index in [1.807, 2.05) is 0 Å². The van der Waals surface area contributed by atoms with Gasteiger partial charge >= 0.3 is 0 Å². The SMILES string of the molecule is C=CCNS(=O)(=O)c1cc(-c2c(C)nc3c(NCCNC(C)=O)cc(Cl)nn23)ccc1OC.